The van der Waals surface area contributed by atoms with E-state index in [9.17, 15) is 19.5 Å². The van der Waals surface area contributed by atoms with Gasteiger partial charge < -0.3 is 25.0 Å². The first-order valence-corrected chi connectivity index (χ1v) is 14.3. The van der Waals surface area contributed by atoms with Crippen molar-refractivity contribution in [2.45, 2.75) is 38.6 Å². The highest BCUT2D eigenvalue weighted by molar-refractivity contribution is 6.32. The van der Waals surface area contributed by atoms with Gasteiger partial charge in [-0.15, -0.1) is 12.4 Å². The van der Waals surface area contributed by atoms with Crippen LogP contribution >= 0.6 is 24.0 Å². The fourth-order valence-electron chi connectivity index (χ4n) is 5.10. The molecule has 1 aliphatic heterocycles. The summed E-state index contributed by atoms with van der Waals surface area (Å²) in [6, 6.07) is 16.7. The first-order valence-electron chi connectivity index (χ1n) is 14.0. The van der Waals surface area contributed by atoms with Gasteiger partial charge in [0.25, 0.3) is 5.91 Å². The lowest BCUT2D eigenvalue weighted by atomic mass is 9.87. The molecule has 1 fully saturated rings. The van der Waals surface area contributed by atoms with E-state index in [0.29, 0.717) is 28.6 Å². The van der Waals surface area contributed by atoms with Crippen molar-refractivity contribution < 1.29 is 24.2 Å². The Morgan fingerprint density at radius 1 is 1.07 bits per heavy atom. The molecule has 230 valence electrons. The van der Waals surface area contributed by atoms with Crippen molar-refractivity contribution in [3.8, 4) is 28.1 Å². The van der Waals surface area contributed by atoms with Gasteiger partial charge in [0.1, 0.15) is 17.0 Å². The van der Waals surface area contributed by atoms with E-state index in [2.05, 4.69) is 10.2 Å². The molecule has 43 heavy (non-hydrogen) atoms. The fourth-order valence-corrected chi connectivity index (χ4v) is 5.27. The molecule has 2 aromatic carbocycles. The second-order valence-corrected chi connectivity index (χ2v) is 11.3. The predicted octanol–water partition coefficient (Wildman–Crippen LogP) is 5.33. The highest BCUT2D eigenvalue weighted by Gasteiger charge is 2.43. The predicted molar refractivity (Wildman–Crippen MR) is 170 cm³/mol. The number of likely N-dealkylation sites (tertiary alicyclic amines) is 1. The van der Waals surface area contributed by atoms with Gasteiger partial charge >= 0.3 is 5.97 Å². The number of aliphatic carboxylic acids is 1. The molecule has 0 spiro atoms. The highest BCUT2D eigenvalue weighted by atomic mass is 35.5. The number of piperidine rings is 1. The fraction of sp³-hybridized carbons (Fsp3) is 0.375. The van der Waals surface area contributed by atoms with Crippen molar-refractivity contribution in [2.24, 2.45) is 0 Å². The number of aryl methyl sites for hydroxylation is 1. The molecule has 2 N–H and O–H groups in total. The van der Waals surface area contributed by atoms with Crippen LogP contribution in [0, 0.1) is 6.92 Å². The third-order valence-electron chi connectivity index (χ3n) is 7.60. The summed E-state index contributed by atoms with van der Waals surface area (Å²) in [6.45, 7) is 5.30. The van der Waals surface area contributed by atoms with Crippen LogP contribution in [0.25, 0.3) is 22.4 Å². The minimum absolute atomic E-state index is 0. The normalized spacial score (nSPS) is 14.1. The minimum atomic E-state index is -1.49. The summed E-state index contributed by atoms with van der Waals surface area (Å²) < 4.78 is 6.00. The molecule has 2 heterocycles. The number of carboxylic acids is 1. The van der Waals surface area contributed by atoms with E-state index < -0.39 is 17.4 Å². The number of aromatic nitrogens is 1. The van der Waals surface area contributed by atoms with Crippen molar-refractivity contribution in [3.05, 3.63) is 70.9 Å². The number of benzene rings is 2. The first kappa shape index (κ1) is 33.8. The van der Waals surface area contributed by atoms with Crippen LogP contribution in [0.1, 0.15) is 42.2 Å². The van der Waals surface area contributed by atoms with Crippen LogP contribution in [0.5, 0.6) is 5.75 Å². The number of nitrogens with zero attached hydrogens (tertiary/aromatic N) is 3. The number of carbonyl (C=O) groups excluding carboxylic acids is 2. The molecule has 3 aromatic rings. The summed E-state index contributed by atoms with van der Waals surface area (Å²) >= 11 is 6.47. The van der Waals surface area contributed by atoms with Crippen LogP contribution < -0.4 is 10.1 Å². The van der Waals surface area contributed by atoms with Gasteiger partial charge in [0.2, 0.25) is 5.91 Å². The first-order chi connectivity index (χ1) is 20.0. The smallest absolute Gasteiger partial charge is 0.329 e. The van der Waals surface area contributed by atoms with Crippen LogP contribution in [0.4, 0.5) is 0 Å². The molecule has 0 aliphatic carbocycles. The molecule has 0 saturated carbocycles. The highest BCUT2D eigenvalue weighted by Crippen LogP contribution is 2.36. The number of hydrogen-bond donors (Lipinski definition) is 2. The third kappa shape index (κ3) is 8.04. The zero-order valence-corrected chi connectivity index (χ0v) is 26.4. The number of carbonyl (C=O) groups is 3. The van der Waals surface area contributed by atoms with Crippen LogP contribution in [-0.2, 0) is 9.59 Å². The van der Waals surface area contributed by atoms with Gasteiger partial charge in [-0.3, -0.25) is 9.59 Å². The summed E-state index contributed by atoms with van der Waals surface area (Å²) in [7, 11) is 4.01. The molecule has 0 radical (unpaired) electrons. The maximum atomic E-state index is 13.5. The molecule has 11 heteroatoms. The summed E-state index contributed by atoms with van der Waals surface area (Å²) in [6.07, 6.45) is 1.03. The number of halogens is 2. The van der Waals surface area contributed by atoms with Gasteiger partial charge in [0.05, 0.1) is 17.3 Å². The van der Waals surface area contributed by atoms with E-state index in [1.807, 2.05) is 63.5 Å². The minimum Gasteiger partial charge on any atom is -0.492 e. The summed E-state index contributed by atoms with van der Waals surface area (Å²) in [5, 5.41) is 13.3. The number of amides is 2. The molecule has 2 amide bonds. The Labute approximate surface area is 263 Å². The van der Waals surface area contributed by atoms with Gasteiger partial charge in [0.15, 0.2) is 0 Å². The number of ether oxygens (including phenoxy) is 1. The summed E-state index contributed by atoms with van der Waals surface area (Å²) in [4.78, 5) is 46.1. The van der Waals surface area contributed by atoms with E-state index in [-0.39, 0.29) is 49.9 Å². The Morgan fingerprint density at radius 3 is 2.40 bits per heavy atom. The maximum Gasteiger partial charge on any atom is 0.329 e. The molecule has 0 atom stereocenters. The Hall–Kier alpha value is -3.66. The number of hydrogen-bond acceptors (Lipinski definition) is 6. The van der Waals surface area contributed by atoms with E-state index in [0.717, 1.165) is 29.7 Å². The molecule has 1 saturated heterocycles. The molecule has 1 aromatic heterocycles. The van der Waals surface area contributed by atoms with E-state index in [1.165, 1.54) is 6.92 Å². The zero-order valence-electron chi connectivity index (χ0n) is 24.9. The maximum absolute atomic E-state index is 13.5. The zero-order chi connectivity index (χ0) is 30.4. The Kier molecular flexibility index (Phi) is 11.6. The largest absolute Gasteiger partial charge is 0.492 e. The quantitative estimate of drug-likeness (QED) is 0.292. The topological polar surface area (TPSA) is 112 Å². The molecule has 9 nitrogen and oxygen atoms in total. The lowest BCUT2D eigenvalue weighted by molar-refractivity contribution is -0.148. The number of nitrogens with one attached hydrogen (secondary N) is 1. The third-order valence-corrected chi connectivity index (χ3v) is 7.91. The van der Waals surface area contributed by atoms with Crippen molar-refractivity contribution in [1.82, 2.24) is 20.1 Å². The number of rotatable bonds is 10. The molecule has 0 unspecified atom stereocenters. The van der Waals surface area contributed by atoms with Crippen molar-refractivity contribution >= 4 is 41.8 Å². The average Bonchev–Trinajstić information content (AvgIpc) is 2.96. The molecular formula is C32H38Cl2N4O5. The van der Waals surface area contributed by atoms with Gasteiger partial charge in [0, 0.05) is 37.7 Å². The number of pyridine rings is 1. The van der Waals surface area contributed by atoms with Crippen molar-refractivity contribution in [2.75, 3.05) is 40.3 Å². The lowest BCUT2D eigenvalue weighted by Crippen LogP contribution is -2.60. The Balaban J connectivity index is 0.00000506. The molecule has 1 aliphatic rings. The monoisotopic (exact) mass is 628 g/mol. The Morgan fingerprint density at radius 2 is 1.77 bits per heavy atom. The van der Waals surface area contributed by atoms with E-state index in [4.69, 9.17) is 21.3 Å². The van der Waals surface area contributed by atoms with Gasteiger partial charge in [-0.25, -0.2) is 9.78 Å². The standard InChI is InChI=1S/C32H37ClN4O5.ClH/c1-21-8-5-6-9-24(21)25-11-13-27(30(39)35-32(31(40)41)14-17-37(18-15-32)22(2)38)34-29(25)23-10-12-26(33)28(20-23)42-19-7-16-36(3)4;/h5-6,8-13,20H,7,14-19H2,1-4H3,(H,35,39)(H,40,41);1H. The van der Waals surface area contributed by atoms with Crippen molar-refractivity contribution in [1.29, 1.82) is 0 Å². The molecular weight excluding hydrogens is 591 g/mol. The van der Waals surface area contributed by atoms with E-state index >= 15 is 0 Å². The Bertz CT molecular complexity index is 1470. The second-order valence-electron chi connectivity index (χ2n) is 10.9. The molecule has 0 bridgehead atoms. The van der Waals surface area contributed by atoms with Crippen LogP contribution in [0.15, 0.2) is 54.6 Å². The van der Waals surface area contributed by atoms with Gasteiger partial charge in [-0.1, -0.05) is 41.9 Å². The van der Waals surface area contributed by atoms with Crippen LogP contribution in [0.3, 0.4) is 0 Å². The van der Waals surface area contributed by atoms with E-state index in [1.54, 1.807) is 17.0 Å². The van der Waals surface area contributed by atoms with Gasteiger partial charge in [-0.05, 0) is 75.7 Å². The summed E-state index contributed by atoms with van der Waals surface area (Å²) in [5.74, 6) is -1.34. The van der Waals surface area contributed by atoms with Crippen LogP contribution in [-0.4, -0.2) is 83.5 Å². The molecule has 4 rings (SSSR count). The lowest BCUT2D eigenvalue weighted by Gasteiger charge is -2.38. The SMILES string of the molecule is CC(=O)N1CCC(NC(=O)c2ccc(-c3ccccc3C)c(-c3ccc(Cl)c(OCCCN(C)C)c3)n2)(C(=O)O)CC1.Cl. The number of carboxylic acid groups (broad SMARTS) is 1. The summed E-state index contributed by atoms with van der Waals surface area (Å²) in [5.41, 5.74) is 2.64. The average molecular weight is 630 g/mol. The van der Waals surface area contributed by atoms with Crippen LogP contribution in [0.2, 0.25) is 5.02 Å². The van der Waals surface area contributed by atoms with Crippen molar-refractivity contribution in [3.63, 3.8) is 0 Å². The van der Waals surface area contributed by atoms with Gasteiger partial charge in [-0.2, -0.15) is 0 Å². The second kappa shape index (κ2) is 14.7.